The van der Waals surface area contributed by atoms with Crippen LogP contribution in [0.4, 0.5) is 0 Å². The Balaban J connectivity index is 2.56. The summed E-state index contributed by atoms with van der Waals surface area (Å²) in [5, 5.41) is 9.15. The largest absolute Gasteiger partial charge is 0.396 e. The molecule has 0 heterocycles. The average molecular weight is 263 g/mol. The quantitative estimate of drug-likeness (QED) is 0.855. The van der Waals surface area contributed by atoms with Crippen LogP contribution in [0, 0.1) is 19.8 Å². The first-order valence-electron chi connectivity index (χ1n) is 6.91. The summed E-state index contributed by atoms with van der Waals surface area (Å²) < 4.78 is 0. The highest BCUT2D eigenvalue weighted by molar-refractivity contribution is 5.78. The number of benzene rings is 1. The highest BCUT2D eigenvalue weighted by Gasteiger charge is 2.19. The molecule has 1 amide bonds. The number of likely N-dealkylation sites (N-methyl/N-ethyl adjacent to an activating group) is 1. The van der Waals surface area contributed by atoms with Gasteiger partial charge in [-0.1, -0.05) is 25.1 Å². The lowest BCUT2D eigenvalue weighted by molar-refractivity contribution is -0.135. The van der Waals surface area contributed by atoms with Gasteiger partial charge < -0.3 is 10.0 Å². The average Bonchev–Trinajstić information content (AvgIpc) is 2.41. The maximum Gasteiger partial charge on any atom is 0.227 e. The second kappa shape index (κ2) is 7.29. The van der Waals surface area contributed by atoms with Gasteiger partial charge in [0.1, 0.15) is 0 Å². The van der Waals surface area contributed by atoms with Crippen LogP contribution in [0.2, 0.25) is 0 Å². The fourth-order valence-electron chi connectivity index (χ4n) is 2.06. The zero-order chi connectivity index (χ0) is 14.4. The Hall–Kier alpha value is -1.35. The Morgan fingerprint density at radius 3 is 2.53 bits per heavy atom. The summed E-state index contributed by atoms with van der Waals surface area (Å²) in [6.45, 7) is 6.76. The summed E-state index contributed by atoms with van der Waals surface area (Å²) >= 11 is 0. The standard InChI is InChI=1S/C16H25NO2/c1-5-15(11-18)16(19)17(4)9-8-14-7-6-12(2)13(3)10-14/h6-7,10,15,18H,5,8-9,11H2,1-4H3. The van der Waals surface area contributed by atoms with E-state index in [1.54, 1.807) is 4.90 Å². The van der Waals surface area contributed by atoms with E-state index in [1.807, 2.05) is 14.0 Å². The molecule has 3 heteroatoms. The van der Waals surface area contributed by atoms with E-state index in [1.165, 1.54) is 16.7 Å². The molecule has 0 aliphatic rings. The third-order valence-electron chi connectivity index (χ3n) is 3.75. The van der Waals surface area contributed by atoms with E-state index in [0.29, 0.717) is 13.0 Å². The normalized spacial score (nSPS) is 12.3. The van der Waals surface area contributed by atoms with E-state index in [4.69, 9.17) is 5.11 Å². The summed E-state index contributed by atoms with van der Waals surface area (Å²) in [5.74, 6) is -0.224. The smallest absolute Gasteiger partial charge is 0.227 e. The topological polar surface area (TPSA) is 40.5 Å². The van der Waals surface area contributed by atoms with E-state index in [0.717, 1.165) is 6.42 Å². The van der Waals surface area contributed by atoms with E-state index < -0.39 is 0 Å². The fraction of sp³-hybridized carbons (Fsp3) is 0.562. The van der Waals surface area contributed by atoms with Gasteiger partial charge in [-0.05, 0) is 43.4 Å². The highest BCUT2D eigenvalue weighted by atomic mass is 16.3. The van der Waals surface area contributed by atoms with Crippen LogP contribution < -0.4 is 0 Å². The van der Waals surface area contributed by atoms with E-state index in [2.05, 4.69) is 32.0 Å². The first-order chi connectivity index (χ1) is 8.99. The van der Waals surface area contributed by atoms with Crippen molar-refractivity contribution in [2.45, 2.75) is 33.6 Å². The number of hydrogen-bond acceptors (Lipinski definition) is 2. The minimum atomic E-state index is -0.259. The van der Waals surface area contributed by atoms with Crippen molar-refractivity contribution in [3.8, 4) is 0 Å². The molecule has 1 unspecified atom stereocenters. The van der Waals surface area contributed by atoms with Crippen molar-refractivity contribution in [2.24, 2.45) is 5.92 Å². The lowest BCUT2D eigenvalue weighted by Gasteiger charge is -2.22. The van der Waals surface area contributed by atoms with Gasteiger partial charge >= 0.3 is 0 Å². The lowest BCUT2D eigenvalue weighted by atomic mass is 10.0. The maximum absolute atomic E-state index is 12.0. The number of nitrogens with zero attached hydrogens (tertiary/aromatic N) is 1. The molecule has 0 saturated heterocycles. The summed E-state index contributed by atoms with van der Waals surface area (Å²) in [6.07, 6.45) is 1.54. The molecule has 1 N–H and O–H groups in total. The van der Waals surface area contributed by atoms with Gasteiger partial charge in [0, 0.05) is 13.6 Å². The van der Waals surface area contributed by atoms with Crippen LogP contribution >= 0.6 is 0 Å². The molecule has 106 valence electrons. The third kappa shape index (κ3) is 4.35. The van der Waals surface area contributed by atoms with Crippen molar-refractivity contribution in [3.05, 3.63) is 34.9 Å². The van der Waals surface area contributed by atoms with Gasteiger partial charge in [0.15, 0.2) is 0 Å². The zero-order valence-electron chi connectivity index (χ0n) is 12.4. The number of aliphatic hydroxyl groups excluding tert-OH is 1. The Morgan fingerprint density at radius 1 is 1.32 bits per heavy atom. The maximum atomic E-state index is 12.0. The second-order valence-corrected chi connectivity index (χ2v) is 5.22. The minimum Gasteiger partial charge on any atom is -0.396 e. The molecule has 1 rings (SSSR count). The predicted molar refractivity (Wildman–Crippen MR) is 78.1 cm³/mol. The molecule has 0 aliphatic carbocycles. The molecule has 0 aliphatic heterocycles. The van der Waals surface area contributed by atoms with E-state index >= 15 is 0 Å². The van der Waals surface area contributed by atoms with Gasteiger partial charge in [0.05, 0.1) is 12.5 Å². The van der Waals surface area contributed by atoms with Gasteiger partial charge in [-0.15, -0.1) is 0 Å². The van der Waals surface area contributed by atoms with Crippen molar-refractivity contribution < 1.29 is 9.90 Å². The van der Waals surface area contributed by atoms with E-state index in [9.17, 15) is 4.79 Å². The van der Waals surface area contributed by atoms with Gasteiger partial charge in [-0.25, -0.2) is 0 Å². The second-order valence-electron chi connectivity index (χ2n) is 5.22. The molecule has 1 aromatic rings. The van der Waals surface area contributed by atoms with Gasteiger partial charge in [-0.3, -0.25) is 4.79 Å². The number of carbonyl (C=O) groups excluding carboxylic acids is 1. The van der Waals surface area contributed by atoms with Crippen LogP contribution in [0.3, 0.4) is 0 Å². The first-order valence-corrected chi connectivity index (χ1v) is 6.91. The molecule has 0 spiro atoms. The number of rotatable bonds is 6. The van der Waals surface area contributed by atoms with Gasteiger partial charge in [0.25, 0.3) is 0 Å². The van der Waals surface area contributed by atoms with Gasteiger partial charge in [-0.2, -0.15) is 0 Å². The number of hydrogen-bond donors (Lipinski definition) is 1. The Morgan fingerprint density at radius 2 is 2.00 bits per heavy atom. The predicted octanol–water partition coefficient (Wildman–Crippen LogP) is 2.32. The van der Waals surface area contributed by atoms with Crippen molar-refractivity contribution in [2.75, 3.05) is 20.2 Å². The number of aryl methyl sites for hydroxylation is 2. The molecule has 3 nitrogen and oxygen atoms in total. The molecule has 1 atom stereocenters. The highest BCUT2D eigenvalue weighted by Crippen LogP contribution is 2.11. The van der Waals surface area contributed by atoms with E-state index in [-0.39, 0.29) is 18.4 Å². The minimum absolute atomic E-state index is 0.0360. The summed E-state index contributed by atoms with van der Waals surface area (Å²) in [7, 11) is 1.81. The molecule has 1 aromatic carbocycles. The monoisotopic (exact) mass is 263 g/mol. The Labute approximate surface area is 116 Å². The molecule has 19 heavy (non-hydrogen) atoms. The number of carbonyl (C=O) groups is 1. The molecule has 0 fully saturated rings. The summed E-state index contributed by atoms with van der Waals surface area (Å²) in [4.78, 5) is 13.7. The van der Waals surface area contributed by atoms with Crippen molar-refractivity contribution in [1.82, 2.24) is 4.90 Å². The van der Waals surface area contributed by atoms with Gasteiger partial charge in [0.2, 0.25) is 5.91 Å². The fourth-order valence-corrected chi connectivity index (χ4v) is 2.06. The summed E-state index contributed by atoms with van der Waals surface area (Å²) in [5.41, 5.74) is 3.83. The third-order valence-corrected chi connectivity index (χ3v) is 3.75. The molecule has 0 aromatic heterocycles. The number of amides is 1. The number of aliphatic hydroxyl groups is 1. The Bertz CT molecular complexity index is 425. The van der Waals surface area contributed by atoms with Crippen LogP contribution in [-0.2, 0) is 11.2 Å². The van der Waals surface area contributed by atoms with Crippen LogP contribution in [-0.4, -0.2) is 36.1 Å². The van der Waals surface area contributed by atoms with Crippen molar-refractivity contribution in [1.29, 1.82) is 0 Å². The van der Waals surface area contributed by atoms with Crippen LogP contribution in [0.1, 0.15) is 30.0 Å². The molecule has 0 saturated carbocycles. The lowest BCUT2D eigenvalue weighted by Crippen LogP contribution is -2.35. The zero-order valence-corrected chi connectivity index (χ0v) is 12.4. The molecular weight excluding hydrogens is 238 g/mol. The van der Waals surface area contributed by atoms with Crippen LogP contribution in [0.5, 0.6) is 0 Å². The van der Waals surface area contributed by atoms with Crippen molar-refractivity contribution >= 4 is 5.91 Å². The first kappa shape index (κ1) is 15.7. The molecule has 0 radical (unpaired) electrons. The molecule has 0 bridgehead atoms. The van der Waals surface area contributed by atoms with Crippen LogP contribution in [0.15, 0.2) is 18.2 Å². The molecular formula is C16H25NO2. The summed E-state index contributed by atoms with van der Waals surface area (Å²) in [6, 6.07) is 6.41. The SMILES string of the molecule is CCC(CO)C(=O)N(C)CCc1ccc(C)c(C)c1. The Kier molecular flexibility index (Phi) is 6.03. The van der Waals surface area contributed by atoms with Crippen molar-refractivity contribution in [3.63, 3.8) is 0 Å². The van der Waals surface area contributed by atoms with Crippen LogP contribution in [0.25, 0.3) is 0 Å².